The molecule has 180 valence electrons. The second kappa shape index (κ2) is 16.0. The van der Waals surface area contributed by atoms with Crippen LogP contribution in [0.3, 0.4) is 0 Å². The predicted octanol–water partition coefficient (Wildman–Crippen LogP) is 7.60. The smallest absolute Gasteiger partial charge is 0 e. The highest BCUT2D eigenvalue weighted by Gasteiger charge is 2.34. The lowest BCUT2D eigenvalue weighted by atomic mass is 10.3. The Morgan fingerprint density at radius 2 is 0.375 bits per heavy atom. The molecule has 1 rings (SSSR count). The third kappa shape index (κ3) is 14.5. The van der Waals surface area contributed by atoms with Crippen molar-refractivity contribution in [1.82, 2.24) is 0 Å². The molecular formula is C24H52B4P4. The molecular weight excluding hydrogens is 455 g/mol. The Morgan fingerprint density at radius 3 is 0.438 bits per heavy atom. The lowest BCUT2D eigenvalue weighted by Crippen LogP contribution is -2.26. The van der Waals surface area contributed by atoms with Gasteiger partial charge in [0, 0.05) is 33.7 Å². The molecule has 0 aromatic carbocycles. The quantitative estimate of drug-likeness (QED) is 0.234. The van der Waals surface area contributed by atoms with Gasteiger partial charge in [0.05, 0.1) is 0 Å². The van der Waals surface area contributed by atoms with Crippen LogP contribution in [-0.4, -0.2) is 104 Å². The average Bonchev–Trinajstić information content (AvgIpc) is 2.42. The molecule has 0 spiro atoms. The van der Waals surface area contributed by atoms with Crippen LogP contribution in [0.1, 0.15) is 83.1 Å². The molecule has 0 unspecified atom stereocenters. The molecule has 1 fully saturated rings. The van der Waals surface area contributed by atoms with Crippen LogP contribution in [0.25, 0.3) is 0 Å². The van der Waals surface area contributed by atoms with Crippen molar-refractivity contribution < 1.29 is 0 Å². The van der Waals surface area contributed by atoms with Gasteiger partial charge in [-0.25, -0.2) is 0 Å². The van der Waals surface area contributed by atoms with E-state index in [2.05, 4.69) is 83.1 Å². The molecule has 0 aromatic heterocycles. The second-order valence-corrected chi connectivity index (χ2v) is 25.9. The normalized spacial score (nSPS) is 26.6. The van der Waals surface area contributed by atoms with Crippen molar-refractivity contribution in [3.05, 3.63) is 0 Å². The summed E-state index contributed by atoms with van der Waals surface area (Å²) in [6.45, 7) is 30.4. The van der Waals surface area contributed by atoms with Crippen molar-refractivity contribution in [2.45, 2.75) is 104 Å². The molecule has 0 bridgehead atoms. The lowest BCUT2D eigenvalue weighted by molar-refractivity contribution is 0.765. The third-order valence-electron chi connectivity index (χ3n) is 6.35. The molecule has 0 aromatic rings. The molecule has 0 nitrogen and oxygen atoms in total. The van der Waals surface area contributed by atoms with Crippen LogP contribution >= 0.6 is 31.7 Å². The summed E-state index contributed by atoms with van der Waals surface area (Å²) < 4.78 is 0. The van der Waals surface area contributed by atoms with Crippen molar-refractivity contribution in [2.24, 2.45) is 0 Å². The van der Waals surface area contributed by atoms with E-state index < -0.39 is 0 Å². The Labute approximate surface area is 217 Å². The van der Waals surface area contributed by atoms with Crippen molar-refractivity contribution >= 4 is 65.3 Å². The molecule has 1 aliphatic rings. The van der Waals surface area contributed by atoms with Crippen LogP contribution in [0.5, 0.6) is 0 Å². The number of hydrogen-bond donors (Lipinski definition) is 0. The first kappa shape index (κ1) is 41.1. The number of rotatable bonds is 0. The monoisotopic (exact) mass is 508 g/mol. The Balaban J connectivity index is -0.000000980. The maximum absolute atomic E-state index is 2.53. The van der Waals surface area contributed by atoms with Gasteiger partial charge in [-0.15, -0.1) is 31.7 Å². The molecule has 1 heterocycles. The second-order valence-electron chi connectivity index (χ2n) is 12.6. The van der Waals surface area contributed by atoms with Gasteiger partial charge in [0.25, 0.3) is 0 Å². The summed E-state index contributed by atoms with van der Waals surface area (Å²) in [5, 5.41) is 2.09. The standard InChI is InChI=1S/C24H52P4.4B/c1-21(2,3)25-13-15-26(22(4,5)6)17-19-28(24(10,11)12)20-18-27(16-14-25)23(7,8)9;;;;/h13-20H2,1-12H3;;;;. The summed E-state index contributed by atoms with van der Waals surface area (Å²) in [4.78, 5) is 0. The summed E-state index contributed by atoms with van der Waals surface area (Å²) in [7, 11) is 0.603. The molecule has 0 N–H and O–H groups in total. The summed E-state index contributed by atoms with van der Waals surface area (Å²) in [6.07, 6.45) is 12.2. The van der Waals surface area contributed by atoms with E-state index in [0.717, 1.165) is 0 Å². The minimum absolute atomic E-state index is 0. The zero-order valence-corrected chi connectivity index (χ0v) is 27.3. The minimum Gasteiger partial charge on any atom is -0.100 e. The van der Waals surface area contributed by atoms with Gasteiger partial charge in [-0.1, -0.05) is 83.1 Å². The first-order valence-electron chi connectivity index (χ1n) is 11.4. The fourth-order valence-electron chi connectivity index (χ4n) is 4.10. The van der Waals surface area contributed by atoms with Gasteiger partial charge in [0.15, 0.2) is 0 Å². The highest BCUT2D eigenvalue weighted by Crippen LogP contribution is 2.62. The van der Waals surface area contributed by atoms with Gasteiger partial charge < -0.3 is 0 Å². The maximum atomic E-state index is 2.53. The molecule has 8 heteroatoms. The van der Waals surface area contributed by atoms with E-state index in [1.165, 1.54) is 49.3 Å². The van der Waals surface area contributed by atoms with E-state index in [-0.39, 0.29) is 65.3 Å². The molecule has 0 amide bonds. The predicted molar refractivity (Wildman–Crippen MR) is 169 cm³/mol. The molecule has 12 radical (unpaired) electrons. The Morgan fingerprint density at radius 1 is 0.281 bits per heavy atom. The van der Waals surface area contributed by atoms with Gasteiger partial charge in [0.1, 0.15) is 0 Å². The number of hydrogen-bond acceptors (Lipinski definition) is 0. The highest BCUT2D eigenvalue weighted by atomic mass is 31.1. The average molecular weight is 508 g/mol. The van der Waals surface area contributed by atoms with E-state index in [9.17, 15) is 0 Å². The topological polar surface area (TPSA) is 0 Å². The molecule has 32 heavy (non-hydrogen) atoms. The molecule has 1 aliphatic heterocycles. The first-order valence-corrected chi connectivity index (χ1v) is 18.3. The van der Waals surface area contributed by atoms with Gasteiger partial charge in [0.2, 0.25) is 0 Å². The van der Waals surface area contributed by atoms with Crippen molar-refractivity contribution in [3.63, 3.8) is 0 Å². The van der Waals surface area contributed by atoms with E-state index in [1.54, 1.807) is 0 Å². The summed E-state index contributed by atoms with van der Waals surface area (Å²) in [5.74, 6) is 0. The Bertz CT molecular complexity index is 372. The lowest BCUT2D eigenvalue weighted by Gasteiger charge is -2.42. The van der Waals surface area contributed by atoms with Crippen LogP contribution < -0.4 is 0 Å². The van der Waals surface area contributed by atoms with E-state index in [0.29, 0.717) is 20.6 Å². The molecule has 1 saturated heterocycles. The van der Waals surface area contributed by atoms with Crippen LogP contribution in [0.15, 0.2) is 0 Å². The zero-order chi connectivity index (χ0) is 22.0. The largest absolute Gasteiger partial charge is 0.100 e. The first-order chi connectivity index (χ1) is 12.4. The van der Waals surface area contributed by atoms with E-state index >= 15 is 0 Å². The van der Waals surface area contributed by atoms with Gasteiger partial charge in [-0.3, -0.25) is 0 Å². The molecule has 0 atom stereocenters. The third-order valence-corrected chi connectivity index (χ3v) is 21.5. The van der Waals surface area contributed by atoms with Crippen molar-refractivity contribution in [2.75, 3.05) is 49.3 Å². The van der Waals surface area contributed by atoms with Gasteiger partial charge in [-0.05, 0) is 69.9 Å². The van der Waals surface area contributed by atoms with Gasteiger partial charge in [-0.2, -0.15) is 0 Å². The SMILES string of the molecule is CC(C)(C)P1CCP(C(C)(C)C)CCP(C(C)(C)C)CCP(C(C)(C)C)CC1.[B].[B].[B].[B]. The fraction of sp³-hybridized carbons (Fsp3) is 1.00. The van der Waals surface area contributed by atoms with Crippen LogP contribution in [0.4, 0.5) is 0 Å². The van der Waals surface area contributed by atoms with E-state index in [4.69, 9.17) is 0 Å². The van der Waals surface area contributed by atoms with Crippen molar-refractivity contribution in [1.29, 1.82) is 0 Å². The fourth-order valence-corrected chi connectivity index (χ4v) is 18.1. The summed E-state index contributed by atoms with van der Waals surface area (Å²) >= 11 is 0. The van der Waals surface area contributed by atoms with Crippen LogP contribution in [0.2, 0.25) is 0 Å². The van der Waals surface area contributed by atoms with E-state index in [1.807, 2.05) is 0 Å². The highest BCUT2D eigenvalue weighted by molar-refractivity contribution is 7.67. The Kier molecular flexibility index (Phi) is 20.5. The van der Waals surface area contributed by atoms with Crippen LogP contribution in [0, 0.1) is 0 Å². The van der Waals surface area contributed by atoms with Crippen molar-refractivity contribution in [3.8, 4) is 0 Å². The van der Waals surface area contributed by atoms with Gasteiger partial charge >= 0.3 is 0 Å². The zero-order valence-electron chi connectivity index (χ0n) is 23.8. The summed E-state index contributed by atoms with van der Waals surface area (Å²) in [5.41, 5.74) is 0. The maximum Gasteiger partial charge on any atom is 0 e. The minimum atomic E-state index is 0. The summed E-state index contributed by atoms with van der Waals surface area (Å²) in [6, 6.07) is 0. The Hall–Kier alpha value is 1.98. The molecule has 0 aliphatic carbocycles. The molecule has 0 saturated carbocycles. The van der Waals surface area contributed by atoms with Crippen LogP contribution in [-0.2, 0) is 0 Å².